The molecule has 1 aromatic carbocycles. The average molecular weight is 234 g/mol. The molecule has 2 rings (SSSR count). The Balaban J connectivity index is 2.08. The highest BCUT2D eigenvalue weighted by atomic mass is 16.5. The second kappa shape index (κ2) is 5.52. The van der Waals surface area contributed by atoms with Crippen LogP contribution in [0.1, 0.15) is 31.0 Å². The van der Waals surface area contributed by atoms with Gasteiger partial charge in [0.15, 0.2) is 0 Å². The summed E-state index contributed by atoms with van der Waals surface area (Å²) < 4.78 is 5.53. The van der Waals surface area contributed by atoms with Crippen LogP contribution in [0.4, 0.5) is 0 Å². The summed E-state index contributed by atoms with van der Waals surface area (Å²) >= 11 is 0. The number of ether oxygens (including phenoxy) is 1. The van der Waals surface area contributed by atoms with Crippen molar-refractivity contribution in [3.05, 3.63) is 29.3 Å². The van der Waals surface area contributed by atoms with Gasteiger partial charge < -0.3 is 15.4 Å². The summed E-state index contributed by atoms with van der Waals surface area (Å²) in [5.41, 5.74) is 2.68. The monoisotopic (exact) mass is 234 g/mol. The number of fused-ring (bicyclic) bond motifs is 1. The first kappa shape index (κ1) is 12.4. The molecule has 0 saturated heterocycles. The first-order valence-corrected chi connectivity index (χ1v) is 6.37. The van der Waals surface area contributed by atoms with Gasteiger partial charge in [0.05, 0.1) is 6.61 Å². The molecule has 94 valence electrons. The van der Waals surface area contributed by atoms with E-state index < -0.39 is 0 Å². The summed E-state index contributed by atoms with van der Waals surface area (Å²) in [5.74, 6) is 1.06. The molecular formula is C14H22N2O. The Morgan fingerprint density at radius 2 is 2.18 bits per heavy atom. The topological polar surface area (TPSA) is 33.3 Å². The largest absolute Gasteiger partial charge is 0.493 e. The minimum atomic E-state index is 0.364. The quantitative estimate of drug-likeness (QED) is 0.816. The van der Waals surface area contributed by atoms with Gasteiger partial charge in [-0.05, 0) is 24.2 Å². The highest BCUT2D eigenvalue weighted by Crippen LogP contribution is 2.27. The predicted octanol–water partition coefficient (Wildman–Crippen LogP) is 1.88. The van der Waals surface area contributed by atoms with Crippen LogP contribution in [0.15, 0.2) is 18.2 Å². The lowest BCUT2D eigenvalue weighted by atomic mass is 10.0. The molecule has 1 unspecified atom stereocenters. The van der Waals surface area contributed by atoms with Crippen molar-refractivity contribution in [3.8, 4) is 5.75 Å². The number of likely N-dealkylation sites (N-methyl/N-ethyl adjacent to an activating group) is 1. The minimum absolute atomic E-state index is 0.364. The Labute approximate surface area is 104 Å². The van der Waals surface area contributed by atoms with E-state index >= 15 is 0 Å². The molecule has 2 N–H and O–H groups in total. The van der Waals surface area contributed by atoms with Crippen LogP contribution < -0.4 is 15.4 Å². The summed E-state index contributed by atoms with van der Waals surface area (Å²) in [4.78, 5) is 0. The van der Waals surface area contributed by atoms with E-state index in [1.165, 1.54) is 11.1 Å². The summed E-state index contributed by atoms with van der Waals surface area (Å²) in [6.07, 6.45) is 1.04. The molecule has 0 spiro atoms. The minimum Gasteiger partial charge on any atom is -0.493 e. The highest BCUT2D eigenvalue weighted by Gasteiger charge is 2.15. The zero-order valence-electron chi connectivity index (χ0n) is 10.9. The number of hydrogen-bond donors (Lipinski definition) is 2. The van der Waals surface area contributed by atoms with Crippen molar-refractivity contribution in [2.75, 3.05) is 20.2 Å². The van der Waals surface area contributed by atoms with E-state index in [1.54, 1.807) is 0 Å². The maximum Gasteiger partial charge on any atom is 0.122 e. The Hall–Kier alpha value is -1.06. The van der Waals surface area contributed by atoms with Crippen LogP contribution in [0.2, 0.25) is 0 Å². The standard InChI is InChI=1S/C14H22N2O/c1-10(2)16-9-13(15-3)11-4-5-14-12(8-11)6-7-17-14/h4-5,8,10,13,15-16H,6-7,9H2,1-3H3. The Morgan fingerprint density at radius 1 is 1.35 bits per heavy atom. The molecule has 0 aliphatic carbocycles. The molecule has 1 heterocycles. The summed E-state index contributed by atoms with van der Waals surface area (Å²) in [6, 6.07) is 7.41. The maximum atomic E-state index is 5.53. The average Bonchev–Trinajstić information content (AvgIpc) is 2.76. The zero-order chi connectivity index (χ0) is 12.3. The van der Waals surface area contributed by atoms with E-state index in [4.69, 9.17) is 4.74 Å². The van der Waals surface area contributed by atoms with Gasteiger partial charge >= 0.3 is 0 Å². The van der Waals surface area contributed by atoms with Gasteiger partial charge in [-0.3, -0.25) is 0 Å². The molecule has 1 aromatic rings. The third kappa shape index (κ3) is 2.99. The molecular weight excluding hydrogens is 212 g/mol. The lowest BCUT2D eigenvalue weighted by Gasteiger charge is -2.19. The van der Waals surface area contributed by atoms with Gasteiger partial charge in [-0.1, -0.05) is 26.0 Å². The van der Waals surface area contributed by atoms with Gasteiger partial charge in [-0.25, -0.2) is 0 Å². The molecule has 0 radical (unpaired) electrons. The second-order valence-electron chi connectivity index (χ2n) is 4.87. The summed E-state index contributed by atoms with van der Waals surface area (Å²) in [7, 11) is 2.01. The van der Waals surface area contributed by atoms with Crippen molar-refractivity contribution in [1.82, 2.24) is 10.6 Å². The lowest BCUT2D eigenvalue weighted by Crippen LogP contribution is -2.33. The third-order valence-corrected chi connectivity index (χ3v) is 3.19. The first-order chi connectivity index (χ1) is 8.20. The van der Waals surface area contributed by atoms with Crippen molar-refractivity contribution in [2.24, 2.45) is 0 Å². The Morgan fingerprint density at radius 3 is 2.88 bits per heavy atom. The molecule has 0 aromatic heterocycles. The van der Waals surface area contributed by atoms with Gasteiger partial charge in [0.25, 0.3) is 0 Å². The molecule has 3 heteroatoms. The first-order valence-electron chi connectivity index (χ1n) is 6.37. The normalized spacial score (nSPS) is 15.8. The molecule has 1 atom stereocenters. The van der Waals surface area contributed by atoms with Crippen molar-refractivity contribution < 1.29 is 4.74 Å². The van der Waals surface area contributed by atoms with E-state index in [-0.39, 0.29) is 0 Å². The summed E-state index contributed by atoms with van der Waals surface area (Å²) in [5, 5.41) is 6.83. The van der Waals surface area contributed by atoms with Gasteiger partial charge in [0.2, 0.25) is 0 Å². The third-order valence-electron chi connectivity index (χ3n) is 3.19. The van der Waals surface area contributed by atoms with E-state index in [9.17, 15) is 0 Å². The molecule has 0 saturated carbocycles. The van der Waals surface area contributed by atoms with Crippen LogP contribution in [-0.4, -0.2) is 26.2 Å². The fraction of sp³-hybridized carbons (Fsp3) is 0.571. The van der Waals surface area contributed by atoms with E-state index in [0.717, 1.165) is 25.3 Å². The van der Waals surface area contributed by atoms with Crippen molar-refractivity contribution >= 4 is 0 Å². The number of nitrogens with one attached hydrogen (secondary N) is 2. The molecule has 17 heavy (non-hydrogen) atoms. The van der Waals surface area contributed by atoms with Crippen LogP contribution in [0.25, 0.3) is 0 Å². The van der Waals surface area contributed by atoms with Gasteiger partial charge in [0, 0.05) is 25.0 Å². The van der Waals surface area contributed by atoms with Gasteiger partial charge in [-0.15, -0.1) is 0 Å². The van der Waals surface area contributed by atoms with E-state index in [0.29, 0.717) is 12.1 Å². The molecule has 1 aliphatic heterocycles. The van der Waals surface area contributed by atoms with Crippen LogP contribution in [0, 0.1) is 0 Å². The smallest absolute Gasteiger partial charge is 0.122 e. The Kier molecular flexibility index (Phi) is 4.02. The fourth-order valence-corrected chi connectivity index (χ4v) is 2.16. The van der Waals surface area contributed by atoms with Crippen LogP contribution >= 0.6 is 0 Å². The fourth-order valence-electron chi connectivity index (χ4n) is 2.16. The van der Waals surface area contributed by atoms with Crippen molar-refractivity contribution in [1.29, 1.82) is 0 Å². The highest BCUT2D eigenvalue weighted by molar-refractivity contribution is 5.40. The Bertz CT molecular complexity index is 376. The van der Waals surface area contributed by atoms with Gasteiger partial charge in [0.1, 0.15) is 5.75 Å². The van der Waals surface area contributed by atoms with Crippen LogP contribution in [-0.2, 0) is 6.42 Å². The van der Waals surface area contributed by atoms with E-state index in [1.807, 2.05) is 7.05 Å². The summed E-state index contributed by atoms with van der Waals surface area (Å²) in [6.45, 7) is 6.12. The maximum absolute atomic E-state index is 5.53. The second-order valence-corrected chi connectivity index (χ2v) is 4.87. The van der Waals surface area contributed by atoms with Crippen LogP contribution in [0.3, 0.4) is 0 Å². The van der Waals surface area contributed by atoms with Gasteiger partial charge in [-0.2, -0.15) is 0 Å². The van der Waals surface area contributed by atoms with Crippen molar-refractivity contribution in [2.45, 2.75) is 32.4 Å². The molecule has 3 nitrogen and oxygen atoms in total. The predicted molar refractivity (Wildman–Crippen MR) is 70.6 cm³/mol. The zero-order valence-corrected chi connectivity index (χ0v) is 10.9. The number of benzene rings is 1. The van der Waals surface area contributed by atoms with E-state index in [2.05, 4.69) is 42.7 Å². The van der Waals surface area contributed by atoms with Crippen LogP contribution in [0.5, 0.6) is 5.75 Å². The SMILES string of the molecule is CNC(CNC(C)C)c1ccc2c(c1)CCO2. The lowest BCUT2D eigenvalue weighted by molar-refractivity contribution is 0.356. The number of rotatable bonds is 5. The molecule has 0 fully saturated rings. The molecule has 0 amide bonds. The van der Waals surface area contributed by atoms with Crippen molar-refractivity contribution in [3.63, 3.8) is 0 Å². The molecule has 0 bridgehead atoms. The number of hydrogen-bond acceptors (Lipinski definition) is 3. The molecule has 1 aliphatic rings.